The zero-order chi connectivity index (χ0) is 14.7. The van der Waals surface area contributed by atoms with E-state index in [1.807, 2.05) is 24.3 Å². The van der Waals surface area contributed by atoms with Crippen LogP contribution in [0.1, 0.15) is 24.4 Å². The van der Waals surface area contributed by atoms with E-state index in [0.717, 1.165) is 35.9 Å². The topological polar surface area (TPSA) is 57.9 Å². The SMILES string of the molecule is N#CC(NCC1CCCO1)c1ccc(Cl)c2cccnc12. The van der Waals surface area contributed by atoms with Crippen LogP contribution >= 0.6 is 11.6 Å². The molecule has 1 aromatic carbocycles. The first-order valence-electron chi connectivity index (χ1n) is 7.07. The highest BCUT2D eigenvalue weighted by molar-refractivity contribution is 6.35. The summed E-state index contributed by atoms with van der Waals surface area (Å²) in [6, 6.07) is 9.34. The molecule has 108 valence electrons. The average molecular weight is 302 g/mol. The zero-order valence-electron chi connectivity index (χ0n) is 11.6. The molecule has 21 heavy (non-hydrogen) atoms. The van der Waals surface area contributed by atoms with Gasteiger partial charge in [-0.2, -0.15) is 5.26 Å². The number of nitrogens with zero attached hydrogens (tertiary/aromatic N) is 2. The quantitative estimate of drug-likeness (QED) is 0.942. The predicted molar refractivity (Wildman–Crippen MR) is 82.1 cm³/mol. The van der Waals surface area contributed by atoms with Crippen molar-refractivity contribution in [1.82, 2.24) is 10.3 Å². The van der Waals surface area contributed by atoms with E-state index in [2.05, 4.69) is 16.4 Å². The number of benzene rings is 1. The minimum absolute atomic E-state index is 0.201. The van der Waals surface area contributed by atoms with Crippen LogP contribution in [-0.4, -0.2) is 24.2 Å². The average Bonchev–Trinajstić information content (AvgIpc) is 3.03. The van der Waals surface area contributed by atoms with E-state index < -0.39 is 6.04 Å². The van der Waals surface area contributed by atoms with Crippen molar-refractivity contribution in [2.24, 2.45) is 0 Å². The molecule has 1 saturated heterocycles. The molecule has 0 aliphatic carbocycles. The molecule has 1 aliphatic heterocycles. The molecule has 2 atom stereocenters. The van der Waals surface area contributed by atoms with Crippen molar-refractivity contribution in [1.29, 1.82) is 5.26 Å². The van der Waals surface area contributed by atoms with Crippen LogP contribution in [0.3, 0.4) is 0 Å². The lowest BCUT2D eigenvalue weighted by Gasteiger charge is -2.17. The molecular formula is C16H16ClN3O. The van der Waals surface area contributed by atoms with Crippen LogP contribution in [0.5, 0.6) is 0 Å². The van der Waals surface area contributed by atoms with Crippen LogP contribution in [0.2, 0.25) is 5.02 Å². The molecule has 1 aromatic heterocycles. The van der Waals surface area contributed by atoms with Crippen molar-refractivity contribution in [3.05, 3.63) is 41.0 Å². The van der Waals surface area contributed by atoms with Crippen LogP contribution in [-0.2, 0) is 4.74 Å². The van der Waals surface area contributed by atoms with Crippen molar-refractivity contribution in [3.8, 4) is 6.07 Å². The number of nitrogens with one attached hydrogen (secondary N) is 1. The molecule has 0 bridgehead atoms. The number of halogens is 1. The van der Waals surface area contributed by atoms with Gasteiger partial charge in [-0.1, -0.05) is 17.7 Å². The standard InChI is InChI=1S/C16H16ClN3O/c17-14-6-5-13(16-12(14)4-1-7-19-16)15(9-18)20-10-11-3-2-8-21-11/h1,4-7,11,15,20H,2-3,8,10H2. The number of pyridine rings is 1. The molecule has 1 N–H and O–H groups in total. The molecule has 4 nitrogen and oxygen atoms in total. The van der Waals surface area contributed by atoms with Gasteiger partial charge in [0.2, 0.25) is 0 Å². The van der Waals surface area contributed by atoms with Gasteiger partial charge >= 0.3 is 0 Å². The Balaban J connectivity index is 1.86. The summed E-state index contributed by atoms with van der Waals surface area (Å²) in [5.74, 6) is 0. The van der Waals surface area contributed by atoms with E-state index in [4.69, 9.17) is 16.3 Å². The van der Waals surface area contributed by atoms with Crippen LogP contribution in [0.4, 0.5) is 0 Å². The Labute approximate surface area is 128 Å². The maximum absolute atomic E-state index is 9.47. The largest absolute Gasteiger partial charge is 0.377 e. The number of aromatic nitrogens is 1. The first kappa shape index (κ1) is 14.3. The van der Waals surface area contributed by atoms with Gasteiger partial charge in [-0.15, -0.1) is 0 Å². The van der Waals surface area contributed by atoms with Gasteiger partial charge in [-0.05, 0) is 31.0 Å². The number of hydrogen-bond donors (Lipinski definition) is 1. The molecule has 2 aromatic rings. The Morgan fingerprint density at radius 1 is 1.48 bits per heavy atom. The molecule has 0 amide bonds. The zero-order valence-corrected chi connectivity index (χ0v) is 12.3. The van der Waals surface area contributed by atoms with Crippen molar-refractivity contribution >= 4 is 22.5 Å². The Morgan fingerprint density at radius 2 is 2.38 bits per heavy atom. The molecule has 5 heteroatoms. The van der Waals surface area contributed by atoms with E-state index in [1.54, 1.807) is 6.20 Å². The first-order chi connectivity index (χ1) is 10.3. The summed E-state index contributed by atoms with van der Waals surface area (Å²) in [4.78, 5) is 4.38. The van der Waals surface area contributed by atoms with Crippen LogP contribution in [0.25, 0.3) is 10.9 Å². The van der Waals surface area contributed by atoms with Gasteiger partial charge in [0.25, 0.3) is 0 Å². The Kier molecular flexibility index (Phi) is 4.35. The number of hydrogen-bond acceptors (Lipinski definition) is 4. The Hall–Kier alpha value is -1.67. The summed E-state index contributed by atoms with van der Waals surface area (Å²) in [6.45, 7) is 1.49. The number of nitriles is 1. The molecule has 1 aliphatic rings. The Morgan fingerprint density at radius 3 is 3.14 bits per heavy atom. The third-order valence-electron chi connectivity index (χ3n) is 3.76. The molecule has 2 unspecified atom stereocenters. The highest BCUT2D eigenvalue weighted by Gasteiger charge is 2.20. The van der Waals surface area contributed by atoms with Gasteiger partial charge in [0.05, 0.1) is 17.7 Å². The van der Waals surface area contributed by atoms with Gasteiger partial charge in [0.1, 0.15) is 6.04 Å². The molecular weight excluding hydrogens is 286 g/mol. The molecule has 1 fully saturated rings. The maximum atomic E-state index is 9.47. The second kappa shape index (κ2) is 6.40. The number of ether oxygens (including phenoxy) is 1. The summed E-state index contributed by atoms with van der Waals surface area (Å²) in [7, 11) is 0. The van der Waals surface area contributed by atoms with Crippen molar-refractivity contribution in [2.75, 3.05) is 13.2 Å². The van der Waals surface area contributed by atoms with E-state index in [1.165, 1.54) is 0 Å². The summed E-state index contributed by atoms with van der Waals surface area (Å²) >= 11 is 6.19. The lowest BCUT2D eigenvalue weighted by molar-refractivity contribution is 0.109. The molecule has 0 radical (unpaired) electrons. The van der Waals surface area contributed by atoms with Crippen molar-refractivity contribution < 1.29 is 4.74 Å². The molecule has 0 spiro atoms. The van der Waals surface area contributed by atoms with E-state index in [-0.39, 0.29) is 6.10 Å². The van der Waals surface area contributed by atoms with Gasteiger partial charge in [-0.25, -0.2) is 0 Å². The minimum Gasteiger partial charge on any atom is -0.377 e. The highest BCUT2D eigenvalue weighted by Crippen LogP contribution is 2.28. The van der Waals surface area contributed by atoms with Gasteiger partial charge in [0, 0.05) is 35.3 Å². The third-order valence-corrected chi connectivity index (χ3v) is 4.09. The fourth-order valence-electron chi connectivity index (χ4n) is 2.67. The predicted octanol–water partition coefficient (Wildman–Crippen LogP) is 3.22. The summed E-state index contributed by atoms with van der Waals surface area (Å²) < 4.78 is 5.58. The lowest BCUT2D eigenvalue weighted by Crippen LogP contribution is -2.29. The number of rotatable bonds is 4. The molecule has 0 saturated carbocycles. The van der Waals surface area contributed by atoms with Gasteiger partial charge in [-0.3, -0.25) is 10.3 Å². The van der Waals surface area contributed by atoms with Gasteiger partial charge < -0.3 is 4.74 Å². The van der Waals surface area contributed by atoms with E-state index >= 15 is 0 Å². The Bertz CT molecular complexity index is 677. The minimum atomic E-state index is -0.413. The van der Waals surface area contributed by atoms with Gasteiger partial charge in [0.15, 0.2) is 0 Å². The second-order valence-electron chi connectivity index (χ2n) is 5.14. The monoisotopic (exact) mass is 301 g/mol. The van der Waals surface area contributed by atoms with E-state index in [9.17, 15) is 5.26 Å². The second-order valence-corrected chi connectivity index (χ2v) is 5.55. The third kappa shape index (κ3) is 3.01. The summed E-state index contributed by atoms with van der Waals surface area (Å²) in [5, 5.41) is 14.3. The van der Waals surface area contributed by atoms with Crippen LogP contribution in [0.15, 0.2) is 30.5 Å². The molecule has 3 rings (SSSR count). The summed E-state index contributed by atoms with van der Waals surface area (Å²) in [6.07, 6.45) is 4.06. The fourth-order valence-corrected chi connectivity index (χ4v) is 2.89. The highest BCUT2D eigenvalue weighted by atomic mass is 35.5. The van der Waals surface area contributed by atoms with Crippen LogP contribution < -0.4 is 5.32 Å². The van der Waals surface area contributed by atoms with Crippen molar-refractivity contribution in [3.63, 3.8) is 0 Å². The first-order valence-corrected chi connectivity index (χ1v) is 7.45. The molecule has 2 heterocycles. The fraction of sp³-hybridized carbons (Fsp3) is 0.375. The normalized spacial score (nSPS) is 19.5. The lowest BCUT2D eigenvalue weighted by atomic mass is 10.0. The van der Waals surface area contributed by atoms with Crippen molar-refractivity contribution in [2.45, 2.75) is 25.0 Å². The maximum Gasteiger partial charge on any atom is 0.123 e. The van der Waals surface area contributed by atoms with Crippen LogP contribution in [0, 0.1) is 11.3 Å². The summed E-state index contributed by atoms with van der Waals surface area (Å²) in [5.41, 5.74) is 1.63. The number of fused-ring (bicyclic) bond motifs is 1. The van der Waals surface area contributed by atoms with E-state index in [0.29, 0.717) is 11.6 Å². The smallest absolute Gasteiger partial charge is 0.123 e.